The zero-order valence-electron chi connectivity index (χ0n) is 10.3. The van der Waals surface area contributed by atoms with Gasteiger partial charge in [0.25, 0.3) is 0 Å². The highest BCUT2D eigenvalue weighted by Gasteiger charge is 2.40. The molecular formula is C13H14N3O3-. The van der Waals surface area contributed by atoms with Crippen molar-refractivity contribution in [3.63, 3.8) is 0 Å². The zero-order valence-corrected chi connectivity index (χ0v) is 10.3. The number of carbonyl (C=O) groups is 2. The van der Waals surface area contributed by atoms with E-state index in [1.807, 2.05) is 6.07 Å². The number of carbonyl (C=O) groups excluding carboxylic acids is 2. The van der Waals surface area contributed by atoms with E-state index in [1.165, 1.54) is 0 Å². The summed E-state index contributed by atoms with van der Waals surface area (Å²) in [5.74, 6) is -1.12. The molecule has 0 saturated heterocycles. The van der Waals surface area contributed by atoms with Crippen molar-refractivity contribution in [3.8, 4) is 0 Å². The van der Waals surface area contributed by atoms with Crippen LogP contribution in [-0.4, -0.2) is 17.7 Å². The van der Waals surface area contributed by atoms with Gasteiger partial charge < -0.3 is 15.6 Å². The lowest BCUT2D eigenvalue weighted by Gasteiger charge is -2.30. The van der Waals surface area contributed by atoms with Gasteiger partial charge in [-0.3, -0.25) is 0 Å². The molecule has 6 nitrogen and oxygen atoms in total. The molecule has 1 atom stereocenters. The van der Waals surface area contributed by atoms with Gasteiger partial charge in [-0.1, -0.05) is 30.3 Å². The Morgan fingerprint density at radius 2 is 2.00 bits per heavy atom. The summed E-state index contributed by atoms with van der Waals surface area (Å²) in [7, 11) is 0. The molecule has 1 aromatic rings. The minimum absolute atomic E-state index is 0.222. The Morgan fingerprint density at radius 1 is 1.32 bits per heavy atom. The summed E-state index contributed by atoms with van der Waals surface area (Å²) in [6.07, 6.45) is 1.11. The van der Waals surface area contributed by atoms with Crippen LogP contribution >= 0.6 is 0 Å². The van der Waals surface area contributed by atoms with Crippen LogP contribution in [0.5, 0.6) is 0 Å². The van der Waals surface area contributed by atoms with Crippen molar-refractivity contribution in [2.75, 3.05) is 0 Å². The first-order chi connectivity index (χ1) is 9.04. The van der Waals surface area contributed by atoms with Crippen LogP contribution in [-0.2, 0) is 10.2 Å². The van der Waals surface area contributed by atoms with Crippen LogP contribution < -0.4 is 16.3 Å². The molecular weight excluding hydrogens is 246 g/mol. The average molecular weight is 260 g/mol. The molecule has 1 fully saturated rings. The summed E-state index contributed by atoms with van der Waals surface area (Å²) in [6, 6.07) is 8.16. The molecule has 0 radical (unpaired) electrons. The Labute approximate surface area is 110 Å². The van der Waals surface area contributed by atoms with Crippen LogP contribution in [0.3, 0.4) is 0 Å². The Kier molecular flexibility index (Phi) is 3.50. The standard InChI is InChI=1S/C13H15N3O3/c14-12(19)16-15-10-6-7-13(8-10,11(17)18)9-4-2-1-3-5-9/h1-5H,6-8H2,(H,17,18)(H3,14,16,19)/p-1/b15-10+/t13-/m0/s1. The minimum Gasteiger partial charge on any atom is -0.549 e. The van der Waals surface area contributed by atoms with Crippen molar-refractivity contribution >= 4 is 17.7 Å². The van der Waals surface area contributed by atoms with E-state index in [0.717, 1.165) is 0 Å². The highest BCUT2D eigenvalue weighted by Crippen LogP contribution is 2.39. The lowest BCUT2D eigenvalue weighted by atomic mass is 9.79. The predicted molar refractivity (Wildman–Crippen MR) is 67.1 cm³/mol. The Hall–Kier alpha value is -2.37. The average Bonchev–Trinajstić information content (AvgIpc) is 2.83. The molecule has 1 saturated carbocycles. The van der Waals surface area contributed by atoms with Crippen molar-refractivity contribution in [2.45, 2.75) is 24.7 Å². The van der Waals surface area contributed by atoms with Crippen molar-refractivity contribution in [1.82, 2.24) is 5.43 Å². The molecule has 2 amide bonds. The quantitative estimate of drug-likeness (QED) is 0.740. The minimum atomic E-state index is -1.12. The normalized spacial score (nSPS) is 24.3. The van der Waals surface area contributed by atoms with Crippen LogP contribution in [0.4, 0.5) is 4.79 Å². The van der Waals surface area contributed by atoms with Gasteiger partial charge in [-0.15, -0.1) is 0 Å². The lowest BCUT2D eigenvalue weighted by molar-refractivity contribution is -0.313. The van der Waals surface area contributed by atoms with E-state index < -0.39 is 17.4 Å². The highest BCUT2D eigenvalue weighted by atomic mass is 16.4. The monoisotopic (exact) mass is 260 g/mol. The number of urea groups is 1. The summed E-state index contributed by atoms with van der Waals surface area (Å²) in [6.45, 7) is 0. The number of amides is 2. The summed E-state index contributed by atoms with van der Waals surface area (Å²) in [5.41, 5.74) is 7.28. The second kappa shape index (κ2) is 5.09. The molecule has 2 rings (SSSR count). The van der Waals surface area contributed by atoms with Gasteiger partial charge in [0.2, 0.25) is 0 Å². The first-order valence-electron chi connectivity index (χ1n) is 5.92. The summed E-state index contributed by atoms with van der Waals surface area (Å²) >= 11 is 0. The Bertz CT molecular complexity index is 527. The van der Waals surface area contributed by atoms with Gasteiger partial charge in [0.15, 0.2) is 0 Å². The van der Waals surface area contributed by atoms with Crippen LogP contribution in [0, 0.1) is 0 Å². The molecule has 1 aliphatic carbocycles. The van der Waals surface area contributed by atoms with Crippen LogP contribution in [0.1, 0.15) is 24.8 Å². The predicted octanol–water partition coefficient (Wildman–Crippen LogP) is -0.117. The highest BCUT2D eigenvalue weighted by molar-refractivity contribution is 5.96. The van der Waals surface area contributed by atoms with E-state index in [4.69, 9.17) is 5.73 Å². The van der Waals surface area contributed by atoms with E-state index in [0.29, 0.717) is 24.1 Å². The third-order valence-corrected chi connectivity index (χ3v) is 3.39. The number of primary amides is 1. The van der Waals surface area contributed by atoms with E-state index in [-0.39, 0.29) is 6.42 Å². The van der Waals surface area contributed by atoms with Crippen LogP contribution in [0.25, 0.3) is 0 Å². The number of nitrogens with zero attached hydrogens (tertiary/aromatic N) is 1. The number of benzene rings is 1. The second-order valence-electron chi connectivity index (χ2n) is 4.57. The Balaban J connectivity index is 2.28. The third-order valence-electron chi connectivity index (χ3n) is 3.39. The number of rotatable bonds is 3. The fourth-order valence-electron chi connectivity index (χ4n) is 2.41. The van der Waals surface area contributed by atoms with E-state index in [2.05, 4.69) is 10.5 Å². The molecule has 0 unspecified atom stereocenters. The molecule has 6 heteroatoms. The summed E-state index contributed by atoms with van der Waals surface area (Å²) < 4.78 is 0. The Morgan fingerprint density at radius 3 is 2.58 bits per heavy atom. The number of hydrazone groups is 1. The van der Waals surface area contributed by atoms with Crippen LogP contribution in [0.2, 0.25) is 0 Å². The molecule has 0 spiro atoms. The number of hydrogen-bond donors (Lipinski definition) is 2. The molecule has 0 bridgehead atoms. The van der Waals surface area contributed by atoms with Gasteiger partial charge in [0, 0.05) is 17.5 Å². The van der Waals surface area contributed by atoms with Crippen molar-refractivity contribution < 1.29 is 14.7 Å². The van der Waals surface area contributed by atoms with E-state index in [9.17, 15) is 14.7 Å². The largest absolute Gasteiger partial charge is 0.549 e. The maximum Gasteiger partial charge on any atom is 0.332 e. The van der Waals surface area contributed by atoms with Gasteiger partial charge in [-0.05, 0) is 18.4 Å². The number of nitrogens with one attached hydrogen (secondary N) is 1. The molecule has 19 heavy (non-hydrogen) atoms. The van der Waals surface area contributed by atoms with Gasteiger partial charge in [-0.2, -0.15) is 5.10 Å². The number of aliphatic carboxylic acids is 1. The van der Waals surface area contributed by atoms with Crippen molar-refractivity contribution in [3.05, 3.63) is 35.9 Å². The maximum absolute atomic E-state index is 11.5. The molecule has 1 aromatic carbocycles. The van der Waals surface area contributed by atoms with Crippen LogP contribution in [0.15, 0.2) is 35.4 Å². The molecule has 3 N–H and O–H groups in total. The number of carboxylic acids is 1. The van der Waals surface area contributed by atoms with Gasteiger partial charge in [-0.25, -0.2) is 10.2 Å². The zero-order chi connectivity index (χ0) is 13.9. The third kappa shape index (κ3) is 2.57. The summed E-state index contributed by atoms with van der Waals surface area (Å²) in [4.78, 5) is 22.1. The molecule has 0 aromatic heterocycles. The fourth-order valence-corrected chi connectivity index (χ4v) is 2.41. The number of nitrogens with two attached hydrogens (primary N) is 1. The molecule has 100 valence electrons. The fraction of sp³-hybridized carbons (Fsp3) is 0.308. The van der Waals surface area contributed by atoms with Gasteiger partial charge in [0.1, 0.15) is 0 Å². The number of carboxylic acid groups (broad SMARTS) is 1. The topological polar surface area (TPSA) is 108 Å². The first-order valence-corrected chi connectivity index (χ1v) is 5.92. The number of hydrogen-bond acceptors (Lipinski definition) is 4. The van der Waals surface area contributed by atoms with Gasteiger partial charge in [0.05, 0.1) is 5.97 Å². The SMILES string of the molecule is NC(=O)N/N=C1\CC[C@@](C(=O)[O-])(c2ccccc2)C1. The summed E-state index contributed by atoms with van der Waals surface area (Å²) in [5, 5.41) is 15.4. The smallest absolute Gasteiger partial charge is 0.332 e. The van der Waals surface area contributed by atoms with Gasteiger partial charge >= 0.3 is 6.03 Å². The second-order valence-corrected chi connectivity index (χ2v) is 4.57. The molecule has 0 aliphatic heterocycles. The molecule has 1 aliphatic rings. The van der Waals surface area contributed by atoms with E-state index >= 15 is 0 Å². The first kappa shape index (κ1) is 13.1. The lowest BCUT2D eigenvalue weighted by Crippen LogP contribution is -2.44. The maximum atomic E-state index is 11.5. The van der Waals surface area contributed by atoms with E-state index in [1.54, 1.807) is 24.3 Å². The van der Waals surface area contributed by atoms with Crippen molar-refractivity contribution in [2.24, 2.45) is 10.8 Å². The van der Waals surface area contributed by atoms with Crippen molar-refractivity contribution in [1.29, 1.82) is 0 Å². The molecule has 0 heterocycles.